The number of carbonyl (C=O) groups excluding carboxylic acids is 1. The van der Waals surface area contributed by atoms with Crippen LogP contribution in [0.5, 0.6) is 11.5 Å². The molecule has 0 radical (unpaired) electrons. The lowest BCUT2D eigenvalue weighted by Crippen LogP contribution is -2.40. The Morgan fingerprint density at radius 1 is 1.18 bits per heavy atom. The monoisotopic (exact) mass is 300 g/mol. The summed E-state index contributed by atoms with van der Waals surface area (Å²) < 4.78 is 10.6. The van der Waals surface area contributed by atoms with Crippen molar-refractivity contribution in [2.24, 2.45) is 11.8 Å². The number of fused-ring (bicyclic) bond motifs is 2. The molecule has 1 N–H and O–H groups in total. The zero-order valence-corrected chi connectivity index (χ0v) is 12.5. The summed E-state index contributed by atoms with van der Waals surface area (Å²) in [5.74, 6) is 2.97. The van der Waals surface area contributed by atoms with E-state index in [2.05, 4.69) is 10.4 Å². The molecule has 1 saturated heterocycles. The molecule has 116 valence electrons. The van der Waals surface area contributed by atoms with Gasteiger partial charge in [-0.05, 0) is 48.4 Å². The summed E-state index contributed by atoms with van der Waals surface area (Å²) in [6.45, 7) is 2.25. The third-order valence-electron chi connectivity index (χ3n) is 4.82. The fourth-order valence-corrected chi connectivity index (χ4v) is 3.71. The number of benzene rings is 1. The Labute approximate surface area is 129 Å². The van der Waals surface area contributed by atoms with Crippen LogP contribution < -0.4 is 14.9 Å². The number of ether oxygens (including phenoxy) is 2. The first-order valence-corrected chi connectivity index (χ1v) is 7.91. The van der Waals surface area contributed by atoms with Gasteiger partial charge in [0.1, 0.15) is 0 Å². The topological polar surface area (TPSA) is 50.8 Å². The molecule has 2 aliphatic heterocycles. The summed E-state index contributed by atoms with van der Waals surface area (Å²) >= 11 is 0. The lowest BCUT2D eigenvalue weighted by Gasteiger charge is -2.16. The Hall–Kier alpha value is -2.01. The molecule has 22 heavy (non-hydrogen) atoms. The molecule has 2 fully saturated rings. The Bertz CT molecular complexity index is 602. The normalized spacial score (nSPS) is 26.5. The minimum Gasteiger partial charge on any atom is -0.454 e. The van der Waals surface area contributed by atoms with E-state index in [1.165, 1.54) is 19.3 Å². The van der Waals surface area contributed by atoms with Gasteiger partial charge in [0.2, 0.25) is 6.79 Å². The number of hydrogen-bond donors (Lipinski definition) is 1. The molecule has 0 spiro atoms. The van der Waals surface area contributed by atoms with Gasteiger partial charge >= 0.3 is 0 Å². The van der Waals surface area contributed by atoms with Crippen molar-refractivity contribution >= 4 is 12.0 Å². The van der Waals surface area contributed by atoms with Crippen LogP contribution in [0.3, 0.4) is 0 Å². The smallest absolute Gasteiger partial charge is 0.258 e. The van der Waals surface area contributed by atoms with Gasteiger partial charge in [0.15, 0.2) is 11.5 Å². The number of hydrazine groups is 1. The van der Waals surface area contributed by atoms with Crippen molar-refractivity contribution in [2.75, 3.05) is 19.9 Å². The maximum absolute atomic E-state index is 12.0. The highest BCUT2D eigenvalue weighted by Crippen LogP contribution is 2.37. The van der Waals surface area contributed by atoms with Crippen LogP contribution in [0, 0.1) is 11.8 Å². The van der Waals surface area contributed by atoms with Gasteiger partial charge < -0.3 is 9.47 Å². The average molecular weight is 300 g/mol. The lowest BCUT2D eigenvalue weighted by molar-refractivity contribution is -0.120. The van der Waals surface area contributed by atoms with Gasteiger partial charge in [-0.1, -0.05) is 12.5 Å². The minimum atomic E-state index is -0.0716. The molecule has 4 rings (SSSR count). The van der Waals surface area contributed by atoms with Crippen molar-refractivity contribution in [3.05, 3.63) is 29.8 Å². The molecule has 1 aromatic carbocycles. The molecular formula is C17H20N2O3. The Balaban J connectivity index is 1.34. The van der Waals surface area contributed by atoms with E-state index in [0.717, 1.165) is 42.0 Å². The van der Waals surface area contributed by atoms with Crippen LogP contribution in [0.2, 0.25) is 0 Å². The second-order valence-electron chi connectivity index (χ2n) is 6.28. The molecule has 1 aromatic rings. The fraction of sp³-hybridized carbons (Fsp3) is 0.471. The maximum atomic E-state index is 12.0. The van der Waals surface area contributed by atoms with Crippen molar-refractivity contribution in [3.63, 3.8) is 0 Å². The maximum Gasteiger partial charge on any atom is 0.258 e. The van der Waals surface area contributed by atoms with Crippen LogP contribution in [-0.2, 0) is 4.79 Å². The number of nitrogens with zero attached hydrogens (tertiary/aromatic N) is 1. The van der Waals surface area contributed by atoms with Crippen LogP contribution >= 0.6 is 0 Å². The summed E-state index contributed by atoms with van der Waals surface area (Å²) in [6.07, 6.45) is 7.34. The number of nitrogens with one attached hydrogen (secondary N) is 1. The number of amides is 1. The number of rotatable bonds is 3. The Kier molecular flexibility index (Phi) is 3.50. The SMILES string of the molecule is O=C(/C=C/c1ccc2c(c1)OCO2)NN1CC2CCCC2C1. The summed E-state index contributed by atoms with van der Waals surface area (Å²) in [4.78, 5) is 12.0. The van der Waals surface area contributed by atoms with Gasteiger partial charge in [0, 0.05) is 19.2 Å². The Morgan fingerprint density at radius 3 is 2.77 bits per heavy atom. The predicted molar refractivity (Wildman–Crippen MR) is 82.1 cm³/mol. The first kappa shape index (κ1) is 13.6. The molecule has 2 unspecified atom stereocenters. The van der Waals surface area contributed by atoms with Crippen molar-refractivity contribution in [1.29, 1.82) is 0 Å². The van der Waals surface area contributed by atoms with Gasteiger partial charge in [-0.3, -0.25) is 10.2 Å². The van der Waals surface area contributed by atoms with E-state index >= 15 is 0 Å². The summed E-state index contributed by atoms with van der Waals surface area (Å²) in [5, 5.41) is 2.07. The van der Waals surface area contributed by atoms with E-state index in [1.54, 1.807) is 12.2 Å². The molecular weight excluding hydrogens is 280 g/mol. The summed E-state index contributed by atoms with van der Waals surface area (Å²) in [5.41, 5.74) is 3.91. The predicted octanol–water partition coefficient (Wildman–Crippen LogP) is 2.19. The van der Waals surface area contributed by atoms with Crippen LogP contribution in [0.15, 0.2) is 24.3 Å². The molecule has 2 atom stereocenters. The van der Waals surface area contributed by atoms with E-state index in [0.29, 0.717) is 0 Å². The van der Waals surface area contributed by atoms with E-state index in [-0.39, 0.29) is 12.7 Å². The van der Waals surface area contributed by atoms with E-state index in [9.17, 15) is 4.79 Å². The molecule has 1 aliphatic carbocycles. The van der Waals surface area contributed by atoms with Gasteiger partial charge in [0.05, 0.1) is 0 Å². The minimum absolute atomic E-state index is 0.0716. The van der Waals surface area contributed by atoms with Crippen molar-refractivity contribution in [3.8, 4) is 11.5 Å². The summed E-state index contributed by atoms with van der Waals surface area (Å²) in [7, 11) is 0. The zero-order valence-electron chi connectivity index (χ0n) is 12.5. The molecule has 1 amide bonds. The molecule has 0 bridgehead atoms. The third-order valence-corrected chi connectivity index (χ3v) is 4.82. The number of hydrogen-bond acceptors (Lipinski definition) is 4. The second-order valence-corrected chi connectivity index (χ2v) is 6.28. The van der Waals surface area contributed by atoms with Gasteiger partial charge in [-0.2, -0.15) is 0 Å². The third kappa shape index (κ3) is 2.68. The molecule has 3 aliphatic rings. The highest BCUT2D eigenvalue weighted by Gasteiger charge is 2.36. The lowest BCUT2D eigenvalue weighted by atomic mass is 10.0. The molecule has 1 saturated carbocycles. The quantitative estimate of drug-likeness (QED) is 0.870. The first-order valence-electron chi connectivity index (χ1n) is 7.91. The van der Waals surface area contributed by atoms with Gasteiger partial charge in [-0.15, -0.1) is 0 Å². The summed E-state index contributed by atoms with van der Waals surface area (Å²) in [6, 6.07) is 5.66. The highest BCUT2D eigenvalue weighted by molar-refractivity contribution is 5.91. The van der Waals surface area contributed by atoms with Crippen LogP contribution in [-0.4, -0.2) is 30.8 Å². The van der Waals surface area contributed by atoms with Gasteiger partial charge in [-0.25, -0.2) is 5.01 Å². The second kappa shape index (κ2) is 5.65. The number of carbonyl (C=O) groups is 1. The molecule has 5 heteroatoms. The first-order chi connectivity index (χ1) is 10.8. The molecule has 5 nitrogen and oxygen atoms in total. The largest absolute Gasteiger partial charge is 0.454 e. The van der Waals surface area contributed by atoms with Crippen LogP contribution in [0.25, 0.3) is 6.08 Å². The van der Waals surface area contributed by atoms with E-state index in [4.69, 9.17) is 9.47 Å². The van der Waals surface area contributed by atoms with Crippen molar-refractivity contribution in [1.82, 2.24) is 10.4 Å². The van der Waals surface area contributed by atoms with Crippen molar-refractivity contribution in [2.45, 2.75) is 19.3 Å². The standard InChI is InChI=1S/C17H20N2O3/c20-17(18-19-9-13-2-1-3-14(13)10-19)7-5-12-4-6-15-16(8-12)22-11-21-15/h4-8,13-14H,1-3,9-11H2,(H,18,20)/b7-5+. The van der Waals surface area contributed by atoms with Gasteiger partial charge in [0.25, 0.3) is 5.91 Å². The van der Waals surface area contributed by atoms with E-state index < -0.39 is 0 Å². The molecule has 0 aromatic heterocycles. The molecule has 2 heterocycles. The van der Waals surface area contributed by atoms with Crippen molar-refractivity contribution < 1.29 is 14.3 Å². The average Bonchev–Trinajstić information content (AvgIpc) is 3.19. The van der Waals surface area contributed by atoms with Crippen LogP contribution in [0.1, 0.15) is 24.8 Å². The van der Waals surface area contributed by atoms with E-state index in [1.807, 2.05) is 18.2 Å². The fourth-order valence-electron chi connectivity index (χ4n) is 3.71. The zero-order chi connectivity index (χ0) is 14.9. The Morgan fingerprint density at radius 2 is 1.95 bits per heavy atom. The van der Waals surface area contributed by atoms with Crippen LogP contribution in [0.4, 0.5) is 0 Å². The highest BCUT2D eigenvalue weighted by atomic mass is 16.7.